The summed E-state index contributed by atoms with van der Waals surface area (Å²) >= 11 is 0. The van der Waals surface area contributed by atoms with Crippen LogP contribution in [0.4, 0.5) is 0 Å². The van der Waals surface area contributed by atoms with Gasteiger partial charge in [0.05, 0.1) is 31.2 Å². The summed E-state index contributed by atoms with van der Waals surface area (Å²) in [6.07, 6.45) is -0.0392. The molecular weight excluding hydrogens is 350 g/mol. The van der Waals surface area contributed by atoms with Crippen molar-refractivity contribution in [3.63, 3.8) is 0 Å². The Hall–Kier alpha value is -1.67. The first-order chi connectivity index (χ1) is 12.5. The molecule has 0 saturated heterocycles. The van der Waals surface area contributed by atoms with Crippen molar-refractivity contribution in [1.29, 1.82) is 0 Å². The Morgan fingerprint density at radius 3 is 2.04 bits per heavy atom. The lowest BCUT2D eigenvalue weighted by Gasteiger charge is -2.37. The second kappa shape index (κ2) is 11.9. The summed E-state index contributed by atoms with van der Waals surface area (Å²) in [6.45, 7) is 7.71. The molecule has 2 N–H and O–H groups in total. The van der Waals surface area contributed by atoms with Gasteiger partial charge in [-0.25, -0.2) is 0 Å². The van der Waals surface area contributed by atoms with Gasteiger partial charge in [0.1, 0.15) is 0 Å². The van der Waals surface area contributed by atoms with E-state index in [0.29, 0.717) is 0 Å². The molecule has 27 heavy (non-hydrogen) atoms. The van der Waals surface area contributed by atoms with Gasteiger partial charge in [0.15, 0.2) is 0 Å². The fraction of sp³-hybridized carbons (Fsp3) is 0.842. The van der Waals surface area contributed by atoms with Crippen LogP contribution in [0.2, 0.25) is 0 Å². The molecule has 0 bridgehead atoms. The molecule has 0 radical (unpaired) electrons. The Kier molecular flexibility index (Phi) is 11.2. The van der Waals surface area contributed by atoms with Crippen LogP contribution in [0.1, 0.15) is 40.5 Å². The van der Waals surface area contributed by atoms with Crippen molar-refractivity contribution in [1.82, 2.24) is 15.1 Å². The van der Waals surface area contributed by atoms with E-state index in [9.17, 15) is 14.4 Å². The second-order valence-electron chi connectivity index (χ2n) is 7.62. The third-order valence-corrected chi connectivity index (χ3v) is 5.00. The van der Waals surface area contributed by atoms with Gasteiger partial charge in [0, 0.05) is 14.2 Å². The Morgan fingerprint density at radius 2 is 1.67 bits per heavy atom. The predicted octanol–water partition coefficient (Wildman–Crippen LogP) is 1.05. The Labute approximate surface area is 163 Å². The number of amides is 2. The number of carboxylic acid groups (broad SMARTS) is 1. The molecule has 0 fully saturated rings. The average molecular weight is 388 g/mol. The summed E-state index contributed by atoms with van der Waals surface area (Å²) in [7, 11) is 6.73. The van der Waals surface area contributed by atoms with Gasteiger partial charge in [-0.05, 0) is 25.9 Å². The average Bonchev–Trinajstić information content (AvgIpc) is 2.57. The molecule has 0 aromatic rings. The van der Waals surface area contributed by atoms with Crippen molar-refractivity contribution in [3.8, 4) is 0 Å². The van der Waals surface area contributed by atoms with Crippen LogP contribution < -0.4 is 5.32 Å². The zero-order valence-corrected chi connectivity index (χ0v) is 18.0. The smallest absolute Gasteiger partial charge is 0.306 e. The Morgan fingerprint density at radius 1 is 1.11 bits per heavy atom. The van der Waals surface area contributed by atoms with Crippen molar-refractivity contribution >= 4 is 17.8 Å². The van der Waals surface area contributed by atoms with Gasteiger partial charge in [-0.2, -0.15) is 0 Å². The minimum absolute atomic E-state index is 0.0455. The largest absolute Gasteiger partial charge is 0.481 e. The van der Waals surface area contributed by atoms with Crippen molar-refractivity contribution in [2.45, 2.75) is 58.7 Å². The number of hydrogen-bond donors (Lipinski definition) is 2. The summed E-state index contributed by atoms with van der Waals surface area (Å²) in [5.74, 6) is -1.30. The van der Waals surface area contributed by atoms with Gasteiger partial charge in [0.2, 0.25) is 11.8 Å². The normalized spacial score (nSPS) is 15.9. The number of hydrogen-bond acceptors (Lipinski definition) is 5. The molecule has 2 amide bonds. The Balaban J connectivity index is 5.17. The van der Waals surface area contributed by atoms with Gasteiger partial charge in [-0.3, -0.25) is 19.3 Å². The van der Waals surface area contributed by atoms with Crippen LogP contribution in [-0.4, -0.2) is 85.7 Å². The van der Waals surface area contributed by atoms with Crippen molar-refractivity contribution in [2.24, 2.45) is 11.8 Å². The maximum absolute atomic E-state index is 12.7. The zero-order chi connectivity index (χ0) is 21.3. The minimum atomic E-state index is -0.977. The number of ether oxygens (including phenoxy) is 1. The third kappa shape index (κ3) is 7.84. The molecule has 0 saturated carbocycles. The molecule has 0 aromatic heterocycles. The van der Waals surface area contributed by atoms with E-state index >= 15 is 0 Å². The number of carboxylic acids is 1. The van der Waals surface area contributed by atoms with Crippen molar-refractivity contribution < 1.29 is 24.2 Å². The van der Waals surface area contributed by atoms with Crippen LogP contribution in [-0.2, 0) is 19.1 Å². The molecule has 4 atom stereocenters. The third-order valence-electron chi connectivity index (χ3n) is 5.00. The monoisotopic (exact) mass is 387 g/mol. The second-order valence-corrected chi connectivity index (χ2v) is 7.62. The fourth-order valence-corrected chi connectivity index (χ4v) is 3.45. The zero-order valence-electron chi connectivity index (χ0n) is 18.0. The first-order valence-electron chi connectivity index (χ1n) is 9.42. The summed E-state index contributed by atoms with van der Waals surface area (Å²) in [5, 5.41) is 11.8. The van der Waals surface area contributed by atoms with Gasteiger partial charge in [0.25, 0.3) is 0 Å². The van der Waals surface area contributed by atoms with Crippen LogP contribution in [0.3, 0.4) is 0 Å². The fourth-order valence-electron chi connectivity index (χ4n) is 3.45. The molecule has 158 valence electrons. The van der Waals surface area contributed by atoms with Crippen molar-refractivity contribution in [2.75, 3.05) is 34.8 Å². The molecule has 0 rings (SSSR count). The molecule has 0 aromatic carbocycles. The van der Waals surface area contributed by atoms with E-state index in [1.807, 2.05) is 46.7 Å². The quantitative estimate of drug-likeness (QED) is 0.519. The SMILES string of the molecule is CCC(C)C(C(CC(=O)O)OC)N(C)C(=O)CNC(=O)C(C(C)C)N(C)C. The first kappa shape index (κ1) is 25.3. The van der Waals surface area contributed by atoms with E-state index in [-0.39, 0.29) is 42.7 Å². The molecule has 8 heteroatoms. The van der Waals surface area contributed by atoms with E-state index in [0.717, 1.165) is 6.42 Å². The maximum Gasteiger partial charge on any atom is 0.306 e. The highest BCUT2D eigenvalue weighted by Gasteiger charge is 2.34. The lowest BCUT2D eigenvalue weighted by Crippen LogP contribution is -2.54. The summed E-state index contributed by atoms with van der Waals surface area (Å²) < 4.78 is 5.38. The maximum atomic E-state index is 12.7. The Bertz CT molecular complexity index is 488. The molecule has 0 aliphatic carbocycles. The van der Waals surface area contributed by atoms with E-state index < -0.39 is 18.1 Å². The number of carbonyl (C=O) groups excluding carboxylic acids is 2. The van der Waals surface area contributed by atoms with Crippen LogP contribution in [0.15, 0.2) is 0 Å². The minimum Gasteiger partial charge on any atom is -0.481 e. The highest BCUT2D eigenvalue weighted by atomic mass is 16.5. The topological polar surface area (TPSA) is 99.2 Å². The highest BCUT2D eigenvalue weighted by molar-refractivity contribution is 5.87. The number of likely N-dealkylation sites (N-methyl/N-ethyl adjacent to an activating group) is 2. The molecular formula is C19H37N3O5. The standard InChI is InChI=1S/C19H37N3O5/c1-9-13(4)18(14(27-8)10-16(24)25)22(7)15(23)11-20-19(26)17(12(2)3)21(5)6/h12-14,17-18H,9-11H2,1-8H3,(H,20,26)(H,24,25). The summed E-state index contributed by atoms with van der Waals surface area (Å²) in [4.78, 5) is 39.6. The van der Waals surface area contributed by atoms with Crippen LogP contribution in [0, 0.1) is 11.8 Å². The number of aliphatic carboxylic acids is 1. The molecule has 0 aliphatic heterocycles. The highest BCUT2D eigenvalue weighted by Crippen LogP contribution is 2.21. The van der Waals surface area contributed by atoms with Crippen molar-refractivity contribution in [3.05, 3.63) is 0 Å². The molecule has 0 spiro atoms. The van der Waals surface area contributed by atoms with Gasteiger partial charge >= 0.3 is 5.97 Å². The summed E-state index contributed by atoms with van der Waals surface area (Å²) in [5.41, 5.74) is 0. The van der Waals surface area contributed by atoms with E-state index in [2.05, 4.69) is 5.32 Å². The molecule has 0 heterocycles. The van der Waals surface area contributed by atoms with Gasteiger partial charge < -0.3 is 20.1 Å². The number of nitrogens with zero attached hydrogens (tertiary/aromatic N) is 2. The van der Waals surface area contributed by atoms with Crippen LogP contribution in [0.5, 0.6) is 0 Å². The number of methoxy groups -OCH3 is 1. The lowest BCUT2D eigenvalue weighted by molar-refractivity contribution is -0.145. The molecule has 4 unspecified atom stereocenters. The van der Waals surface area contributed by atoms with Crippen LogP contribution in [0.25, 0.3) is 0 Å². The van der Waals surface area contributed by atoms with E-state index in [1.165, 1.54) is 12.0 Å². The molecule has 8 nitrogen and oxygen atoms in total. The summed E-state index contributed by atoms with van der Waals surface area (Å²) in [6, 6.07) is -0.720. The number of nitrogens with one attached hydrogen (secondary N) is 1. The van der Waals surface area contributed by atoms with Gasteiger partial charge in [-0.1, -0.05) is 34.1 Å². The predicted molar refractivity (Wildman–Crippen MR) is 104 cm³/mol. The number of rotatable bonds is 12. The van der Waals surface area contributed by atoms with Crippen LogP contribution >= 0.6 is 0 Å². The lowest BCUT2D eigenvalue weighted by atomic mass is 9.91. The van der Waals surface area contributed by atoms with E-state index in [1.54, 1.807) is 7.05 Å². The van der Waals surface area contributed by atoms with E-state index in [4.69, 9.17) is 9.84 Å². The number of carbonyl (C=O) groups is 3. The van der Waals surface area contributed by atoms with Gasteiger partial charge in [-0.15, -0.1) is 0 Å². The first-order valence-corrected chi connectivity index (χ1v) is 9.42. The molecule has 0 aliphatic rings.